The first-order valence-electron chi connectivity index (χ1n) is 7.37. The lowest BCUT2D eigenvalue weighted by atomic mass is 9.86. The molecule has 1 unspecified atom stereocenters. The summed E-state index contributed by atoms with van der Waals surface area (Å²) in [7, 11) is 0. The molecule has 0 aliphatic heterocycles. The Morgan fingerprint density at radius 3 is 2.50 bits per heavy atom. The maximum Gasteiger partial charge on any atom is 0.159 e. The molecule has 0 spiro atoms. The van der Waals surface area contributed by atoms with E-state index in [1.54, 1.807) is 6.08 Å². The molecule has 0 aromatic heterocycles. The standard InChI is InChI=1S/C19H17BrO2/c20-19-9-5-4-8-15(19)13-22-18-11-16(10-17(21)12-18)14-6-2-1-3-7-14/h1-9,12,16H,10-11,13H2. The minimum Gasteiger partial charge on any atom is -0.493 e. The molecule has 0 N–H and O–H groups in total. The monoisotopic (exact) mass is 356 g/mol. The summed E-state index contributed by atoms with van der Waals surface area (Å²) < 4.78 is 6.91. The molecule has 0 radical (unpaired) electrons. The van der Waals surface area contributed by atoms with Crippen LogP contribution in [0.4, 0.5) is 0 Å². The van der Waals surface area contributed by atoms with Crippen LogP contribution in [0, 0.1) is 0 Å². The number of rotatable bonds is 4. The van der Waals surface area contributed by atoms with Crippen LogP contribution in [0.2, 0.25) is 0 Å². The Kier molecular flexibility index (Phi) is 4.74. The predicted molar refractivity (Wildman–Crippen MR) is 90.4 cm³/mol. The van der Waals surface area contributed by atoms with Gasteiger partial charge in [-0.3, -0.25) is 4.79 Å². The second-order valence-electron chi connectivity index (χ2n) is 5.47. The van der Waals surface area contributed by atoms with Gasteiger partial charge in [0.1, 0.15) is 12.4 Å². The van der Waals surface area contributed by atoms with Crippen LogP contribution in [0.25, 0.3) is 0 Å². The Hall–Kier alpha value is -1.87. The van der Waals surface area contributed by atoms with Gasteiger partial charge in [-0.25, -0.2) is 0 Å². The van der Waals surface area contributed by atoms with E-state index in [2.05, 4.69) is 28.1 Å². The molecule has 22 heavy (non-hydrogen) atoms. The van der Waals surface area contributed by atoms with Crippen molar-refractivity contribution in [3.05, 3.63) is 82.0 Å². The largest absolute Gasteiger partial charge is 0.493 e. The number of ether oxygens (including phenoxy) is 1. The van der Waals surface area contributed by atoms with Crippen LogP contribution in [0.3, 0.4) is 0 Å². The summed E-state index contributed by atoms with van der Waals surface area (Å²) in [5.74, 6) is 1.14. The van der Waals surface area contributed by atoms with Gasteiger partial charge in [-0.2, -0.15) is 0 Å². The Morgan fingerprint density at radius 1 is 1.00 bits per heavy atom. The minimum absolute atomic E-state index is 0.141. The molecule has 3 heteroatoms. The van der Waals surface area contributed by atoms with Crippen molar-refractivity contribution in [2.45, 2.75) is 25.4 Å². The number of hydrogen-bond donors (Lipinski definition) is 0. The van der Waals surface area contributed by atoms with Gasteiger partial charge in [-0.1, -0.05) is 64.5 Å². The zero-order valence-electron chi connectivity index (χ0n) is 12.2. The zero-order valence-corrected chi connectivity index (χ0v) is 13.8. The molecule has 112 valence electrons. The number of halogens is 1. The van der Waals surface area contributed by atoms with Gasteiger partial charge in [0.2, 0.25) is 0 Å². The summed E-state index contributed by atoms with van der Waals surface area (Å²) in [6, 6.07) is 18.1. The van der Waals surface area contributed by atoms with E-state index >= 15 is 0 Å². The van der Waals surface area contributed by atoms with E-state index in [0.29, 0.717) is 13.0 Å². The van der Waals surface area contributed by atoms with Crippen LogP contribution in [0.5, 0.6) is 0 Å². The molecular weight excluding hydrogens is 340 g/mol. The van der Waals surface area contributed by atoms with Gasteiger partial charge in [0.05, 0.1) is 0 Å². The van der Waals surface area contributed by atoms with Crippen molar-refractivity contribution in [1.29, 1.82) is 0 Å². The number of allylic oxidation sites excluding steroid dienone is 2. The summed E-state index contributed by atoms with van der Waals surface area (Å²) in [6.45, 7) is 0.474. The molecule has 0 saturated heterocycles. The number of carbonyl (C=O) groups excluding carboxylic acids is 1. The normalized spacial score (nSPS) is 18.0. The number of hydrogen-bond acceptors (Lipinski definition) is 2. The highest BCUT2D eigenvalue weighted by molar-refractivity contribution is 9.10. The maximum atomic E-state index is 12.0. The lowest BCUT2D eigenvalue weighted by Gasteiger charge is -2.22. The van der Waals surface area contributed by atoms with Gasteiger partial charge in [-0.05, 0) is 17.5 Å². The number of carbonyl (C=O) groups is 1. The second-order valence-corrected chi connectivity index (χ2v) is 6.33. The van der Waals surface area contributed by atoms with Crippen molar-refractivity contribution in [3.63, 3.8) is 0 Å². The number of ketones is 1. The highest BCUT2D eigenvalue weighted by atomic mass is 79.9. The molecule has 0 heterocycles. The predicted octanol–water partition coefficient (Wildman–Crippen LogP) is 5.00. The highest BCUT2D eigenvalue weighted by Gasteiger charge is 2.23. The van der Waals surface area contributed by atoms with Crippen LogP contribution in [0.1, 0.15) is 29.9 Å². The van der Waals surface area contributed by atoms with Crippen molar-refractivity contribution >= 4 is 21.7 Å². The molecule has 3 rings (SSSR count). The Bertz CT molecular complexity index is 692. The van der Waals surface area contributed by atoms with E-state index in [4.69, 9.17) is 4.74 Å². The van der Waals surface area contributed by atoms with Gasteiger partial charge >= 0.3 is 0 Å². The molecule has 1 aliphatic rings. The first-order chi connectivity index (χ1) is 10.7. The van der Waals surface area contributed by atoms with Crippen LogP contribution < -0.4 is 0 Å². The third-order valence-corrected chi connectivity index (χ3v) is 4.63. The van der Waals surface area contributed by atoms with Crippen LogP contribution in [-0.4, -0.2) is 5.78 Å². The summed E-state index contributed by atoms with van der Waals surface area (Å²) in [6.07, 6.45) is 2.99. The SMILES string of the molecule is O=C1C=C(OCc2ccccc2Br)CC(c2ccccc2)C1. The lowest BCUT2D eigenvalue weighted by molar-refractivity contribution is -0.115. The Balaban J connectivity index is 1.69. The average molecular weight is 357 g/mol. The molecule has 1 atom stereocenters. The average Bonchev–Trinajstić information content (AvgIpc) is 2.54. The highest BCUT2D eigenvalue weighted by Crippen LogP contribution is 2.32. The van der Waals surface area contributed by atoms with Gasteiger partial charge in [0.25, 0.3) is 0 Å². The topological polar surface area (TPSA) is 26.3 Å². The quantitative estimate of drug-likeness (QED) is 0.770. The minimum atomic E-state index is 0.141. The van der Waals surface area contributed by atoms with Crippen molar-refractivity contribution in [2.24, 2.45) is 0 Å². The third-order valence-electron chi connectivity index (χ3n) is 3.86. The molecule has 0 bridgehead atoms. The molecule has 0 fully saturated rings. The van der Waals surface area contributed by atoms with Crippen LogP contribution in [0.15, 0.2) is 70.9 Å². The van der Waals surface area contributed by atoms with E-state index in [0.717, 1.165) is 22.2 Å². The van der Waals surface area contributed by atoms with Gasteiger partial charge in [0, 0.05) is 29.0 Å². The lowest BCUT2D eigenvalue weighted by Crippen LogP contribution is -2.14. The number of benzene rings is 2. The molecular formula is C19H17BrO2. The third kappa shape index (κ3) is 3.66. The summed E-state index contributed by atoms with van der Waals surface area (Å²) in [5, 5.41) is 0. The van der Waals surface area contributed by atoms with Crippen molar-refractivity contribution < 1.29 is 9.53 Å². The first-order valence-corrected chi connectivity index (χ1v) is 8.16. The van der Waals surface area contributed by atoms with Crippen LogP contribution in [-0.2, 0) is 16.1 Å². The summed E-state index contributed by atoms with van der Waals surface area (Å²) >= 11 is 3.52. The van der Waals surface area contributed by atoms with Gasteiger partial charge in [-0.15, -0.1) is 0 Å². The maximum absolute atomic E-state index is 12.0. The molecule has 0 saturated carbocycles. The fourth-order valence-corrected chi connectivity index (χ4v) is 3.10. The Labute approximate surface area is 138 Å². The van der Waals surface area contributed by atoms with Crippen LogP contribution >= 0.6 is 15.9 Å². The second kappa shape index (κ2) is 6.93. The molecule has 2 nitrogen and oxygen atoms in total. The zero-order chi connectivity index (χ0) is 15.4. The molecule has 1 aliphatic carbocycles. The molecule has 2 aromatic carbocycles. The first kappa shape index (κ1) is 15.0. The summed E-state index contributed by atoms with van der Waals surface area (Å²) in [4.78, 5) is 12.0. The van der Waals surface area contributed by atoms with E-state index in [9.17, 15) is 4.79 Å². The van der Waals surface area contributed by atoms with E-state index in [-0.39, 0.29) is 11.7 Å². The van der Waals surface area contributed by atoms with Crippen molar-refractivity contribution in [2.75, 3.05) is 0 Å². The van der Waals surface area contributed by atoms with Crippen molar-refractivity contribution in [3.8, 4) is 0 Å². The summed E-state index contributed by atoms with van der Waals surface area (Å²) in [5.41, 5.74) is 2.28. The fraction of sp³-hybridized carbons (Fsp3) is 0.211. The smallest absolute Gasteiger partial charge is 0.159 e. The molecule has 2 aromatic rings. The molecule has 0 amide bonds. The van der Waals surface area contributed by atoms with E-state index in [1.807, 2.05) is 42.5 Å². The van der Waals surface area contributed by atoms with E-state index in [1.165, 1.54) is 5.56 Å². The Morgan fingerprint density at radius 2 is 1.73 bits per heavy atom. The fourth-order valence-electron chi connectivity index (χ4n) is 2.70. The van der Waals surface area contributed by atoms with E-state index < -0.39 is 0 Å². The van der Waals surface area contributed by atoms with Crippen molar-refractivity contribution in [1.82, 2.24) is 0 Å². The van der Waals surface area contributed by atoms with Gasteiger partial charge < -0.3 is 4.74 Å². The van der Waals surface area contributed by atoms with Gasteiger partial charge in [0.15, 0.2) is 5.78 Å².